The van der Waals surface area contributed by atoms with Crippen LogP contribution in [0.15, 0.2) is 12.4 Å². The zero-order chi connectivity index (χ0) is 12.1. The molecule has 0 aliphatic heterocycles. The van der Waals surface area contributed by atoms with Gasteiger partial charge in [0.1, 0.15) is 0 Å². The minimum atomic E-state index is 0.310. The van der Waals surface area contributed by atoms with Crippen molar-refractivity contribution in [1.29, 1.82) is 0 Å². The van der Waals surface area contributed by atoms with E-state index in [1.54, 1.807) is 0 Å². The van der Waals surface area contributed by atoms with Gasteiger partial charge in [0.15, 0.2) is 0 Å². The molecule has 4 heteroatoms. The average molecular weight is 245 g/mol. The van der Waals surface area contributed by atoms with E-state index < -0.39 is 0 Å². The summed E-state index contributed by atoms with van der Waals surface area (Å²) >= 11 is 0. The van der Waals surface area contributed by atoms with Crippen LogP contribution in [0.4, 0.5) is 0 Å². The molecule has 0 radical (unpaired) electrons. The van der Waals surface area contributed by atoms with Gasteiger partial charge < -0.3 is 5.32 Å². The second-order valence-electron chi connectivity index (χ2n) is 6.16. The molecule has 18 heavy (non-hydrogen) atoms. The molecule has 2 bridgehead atoms. The van der Waals surface area contributed by atoms with E-state index in [0.717, 1.165) is 42.2 Å². The van der Waals surface area contributed by atoms with E-state index in [0.29, 0.717) is 11.8 Å². The highest BCUT2D eigenvalue weighted by atomic mass is 16.2. The fourth-order valence-corrected chi connectivity index (χ4v) is 4.54. The standard InChI is InChI=1S/C14H19N3O/c18-14(15-4-3-8-6-16-17-7-8)13-11-9-1-2-10(5-9)12(11)13/h6-7,9-13H,1-5H2,(H,15,18)(H,16,17)/t9-,10+,11+,12-,13?. The normalized spacial score (nSPS) is 39.7. The van der Waals surface area contributed by atoms with Gasteiger partial charge in [-0.25, -0.2) is 0 Å². The number of nitrogens with one attached hydrogen (secondary N) is 2. The Morgan fingerprint density at radius 1 is 1.39 bits per heavy atom. The van der Waals surface area contributed by atoms with E-state index in [4.69, 9.17) is 0 Å². The Kier molecular flexibility index (Phi) is 2.26. The first-order valence-electron chi connectivity index (χ1n) is 7.10. The van der Waals surface area contributed by atoms with Gasteiger partial charge in [-0.15, -0.1) is 0 Å². The molecule has 1 heterocycles. The summed E-state index contributed by atoms with van der Waals surface area (Å²) in [4.78, 5) is 12.1. The Hall–Kier alpha value is -1.32. The highest BCUT2D eigenvalue weighted by Crippen LogP contribution is 2.69. The van der Waals surface area contributed by atoms with Crippen molar-refractivity contribution in [1.82, 2.24) is 15.5 Å². The van der Waals surface area contributed by atoms with Gasteiger partial charge in [-0.3, -0.25) is 9.89 Å². The Labute approximate surface area is 107 Å². The molecule has 3 aliphatic rings. The largest absolute Gasteiger partial charge is 0.356 e. The summed E-state index contributed by atoms with van der Waals surface area (Å²) in [6.07, 6.45) is 8.75. The van der Waals surface area contributed by atoms with Crippen LogP contribution in [-0.2, 0) is 11.2 Å². The van der Waals surface area contributed by atoms with E-state index in [1.165, 1.54) is 19.3 Å². The molecule has 3 aliphatic carbocycles. The molecular formula is C14H19N3O. The van der Waals surface area contributed by atoms with Crippen LogP contribution in [0, 0.1) is 29.6 Å². The van der Waals surface area contributed by atoms with Gasteiger partial charge in [0.2, 0.25) is 5.91 Å². The molecule has 1 unspecified atom stereocenters. The number of carbonyl (C=O) groups is 1. The van der Waals surface area contributed by atoms with Crippen molar-refractivity contribution in [2.45, 2.75) is 25.7 Å². The monoisotopic (exact) mass is 245 g/mol. The maximum absolute atomic E-state index is 12.1. The molecule has 96 valence electrons. The quantitative estimate of drug-likeness (QED) is 0.841. The van der Waals surface area contributed by atoms with Crippen molar-refractivity contribution in [3.8, 4) is 0 Å². The summed E-state index contributed by atoms with van der Waals surface area (Å²) in [6, 6.07) is 0. The molecule has 0 aromatic carbocycles. The minimum Gasteiger partial charge on any atom is -0.356 e. The van der Waals surface area contributed by atoms with Gasteiger partial charge in [0, 0.05) is 18.7 Å². The van der Waals surface area contributed by atoms with Crippen LogP contribution < -0.4 is 5.32 Å². The number of fused-ring (bicyclic) bond motifs is 5. The predicted octanol–water partition coefficient (Wildman–Crippen LogP) is 1.36. The van der Waals surface area contributed by atoms with Crippen LogP contribution in [0.3, 0.4) is 0 Å². The van der Waals surface area contributed by atoms with Crippen LogP contribution in [0.25, 0.3) is 0 Å². The van der Waals surface area contributed by atoms with E-state index in [9.17, 15) is 4.79 Å². The maximum atomic E-state index is 12.1. The van der Waals surface area contributed by atoms with Crippen LogP contribution in [0.1, 0.15) is 24.8 Å². The maximum Gasteiger partial charge on any atom is 0.223 e. The molecule has 4 nitrogen and oxygen atoms in total. The predicted molar refractivity (Wildman–Crippen MR) is 66.6 cm³/mol. The number of aromatic amines is 1. The van der Waals surface area contributed by atoms with E-state index in [2.05, 4.69) is 15.5 Å². The van der Waals surface area contributed by atoms with Crippen molar-refractivity contribution in [3.63, 3.8) is 0 Å². The second kappa shape index (κ2) is 3.84. The Balaban J connectivity index is 1.28. The zero-order valence-electron chi connectivity index (χ0n) is 10.4. The summed E-state index contributed by atoms with van der Waals surface area (Å²) < 4.78 is 0. The Bertz CT molecular complexity index is 440. The average Bonchev–Trinajstić information content (AvgIpc) is 2.80. The highest BCUT2D eigenvalue weighted by molar-refractivity contribution is 5.82. The fourth-order valence-electron chi connectivity index (χ4n) is 4.54. The number of amides is 1. The first-order valence-corrected chi connectivity index (χ1v) is 7.10. The van der Waals surface area contributed by atoms with E-state index >= 15 is 0 Å². The van der Waals surface area contributed by atoms with Gasteiger partial charge >= 0.3 is 0 Å². The van der Waals surface area contributed by atoms with Gasteiger partial charge in [-0.05, 0) is 54.9 Å². The molecule has 0 saturated heterocycles. The number of nitrogens with zero attached hydrogens (tertiary/aromatic N) is 1. The number of rotatable bonds is 4. The number of hydrogen-bond acceptors (Lipinski definition) is 2. The molecule has 3 saturated carbocycles. The number of H-pyrrole nitrogens is 1. The number of carbonyl (C=O) groups excluding carboxylic acids is 1. The smallest absolute Gasteiger partial charge is 0.223 e. The third-order valence-corrected chi connectivity index (χ3v) is 5.31. The molecule has 1 aromatic heterocycles. The Morgan fingerprint density at radius 2 is 2.17 bits per heavy atom. The SMILES string of the molecule is O=C(NCCc1cn[nH]c1)C1[C@@H]2[C@H]3CC[C@H](C3)[C@H]12. The van der Waals surface area contributed by atoms with Crippen molar-refractivity contribution in [2.75, 3.05) is 6.54 Å². The lowest BCUT2D eigenvalue weighted by Gasteiger charge is -2.09. The van der Waals surface area contributed by atoms with Gasteiger partial charge in [-0.1, -0.05) is 0 Å². The molecule has 1 aromatic rings. The summed E-state index contributed by atoms with van der Waals surface area (Å²) in [5, 5.41) is 9.80. The van der Waals surface area contributed by atoms with E-state index in [-0.39, 0.29) is 0 Å². The zero-order valence-corrected chi connectivity index (χ0v) is 10.4. The van der Waals surface area contributed by atoms with Crippen molar-refractivity contribution in [3.05, 3.63) is 18.0 Å². The lowest BCUT2D eigenvalue weighted by atomic mass is 10.0. The van der Waals surface area contributed by atoms with Gasteiger partial charge in [0.25, 0.3) is 0 Å². The molecule has 0 spiro atoms. The van der Waals surface area contributed by atoms with Crippen LogP contribution in [0.2, 0.25) is 0 Å². The van der Waals surface area contributed by atoms with Crippen molar-refractivity contribution in [2.24, 2.45) is 29.6 Å². The minimum absolute atomic E-state index is 0.310. The lowest BCUT2D eigenvalue weighted by Crippen LogP contribution is -2.29. The molecule has 4 rings (SSSR count). The molecule has 3 fully saturated rings. The molecule has 5 atom stereocenters. The topological polar surface area (TPSA) is 57.8 Å². The number of hydrogen-bond donors (Lipinski definition) is 2. The third-order valence-electron chi connectivity index (χ3n) is 5.31. The van der Waals surface area contributed by atoms with Crippen LogP contribution >= 0.6 is 0 Å². The summed E-state index contributed by atoms with van der Waals surface area (Å²) in [7, 11) is 0. The second-order valence-corrected chi connectivity index (χ2v) is 6.16. The Morgan fingerprint density at radius 3 is 2.83 bits per heavy atom. The molecule has 2 N–H and O–H groups in total. The molecule has 1 amide bonds. The highest BCUT2D eigenvalue weighted by Gasteiger charge is 2.67. The fraction of sp³-hybridized carbons (Fsp3) is 0.714. The third kappa shape index (κ3) is 1.51. The first kappa shape index (κ1) is 10.6. The van der Waals surface area contributed by atoms with Crippen molar-refractivity contribution >= 4 is 5.91 Å². The summed E-state index contributed by atoms with van der Waals surface area (Å²) in [6.45, 7) is 0.740. The van der Waals surface area contributed by atoms with Gasteiger partial charge in [0.05, 0.1) is 6.20 Å². The van der Waals surface area contributed by atoms with E-state index in [1.807, 2.05) is 12.4 Å². The first-order chi connectivity index (χ1) is 8.84. The summed E-state index contributed by atoms with van der Waals surface area (Å²) in [5.74, 6) is 3.93. The van der Waals surface area contributed by atoms with Gasteiger partial charge in [-0.2, -0.15) is 5.10 Å². The van der Waals surface area contributed by atoms with Crippen LogP contribution in [0.5, 0.6) is 0 Å². The molecular weight excluding hydrogens is 226 g/mol. The summed E-state index contributed by atoms with van der Waals surface area (Å²) in [5.41, 5.74) is 1.16. The van der Waals surface area contributed by atoms with Crippen molar-refractivity contribution < 1.29 is 4.79 Å². The van der Waals surface area contributed by atoms with Crippen LogP contribution in [-0.4, -0.2) is 22.6 Å². The number of aromatic nitrogens is 2. The lowest BCUT2D eigenvalue weighted by molar-refractivity contribution is -0.123.